The van der Waals surface area contributed by atoms with Crippen molar-refractivity contribution in [2.45, 2.75) is 38.8 Å². The molecule has 2 rings (SSSR count). The molecule has 0 aromatic carbocycles. The molecule has 0 fully saturated rings. The van der Waals surface area contributed by atoms with Crippen molar-refractivity contribution in [2.75, 3.05) is 20.3 Å². The van der Waals surface area contributed by atoms with Crippen LogP contribution in [0.2, 0.25) is 0 Å². The van der Waals surface area contributed by atoms with E-state index in [2.05, 4.69) is 17.2 Å². The summed E-state index contributed by atoms with van der Waals surface area (Å²) < 4.78 is 5.11. The van der Waals surface area contributed by atoms with Crippen LogP contribution in [0.25, 0.3) is 0 Å². The summed E-state index contributed by atoms with van der Waals surface area (Å²) in [6.07, 6.45) is 0.849. The zero-order valence-corrected chi connectivity index (χ0v) is 15.2. The van der Waals surface area contributed by atoms with Gasteiger partial charge in [-0.15, -0.1) is 22.7 Å². The molecule has 2 atom stereocenters. The Morgan fingerprint density at radius 1 is 1.50 bits per heavy atom. The maximum absolute atomic E-state index is 10.6. The third-order valence-corrected chi connectivity index (χ3v) is 6.12. The third kappa shape index (κ3) is 4.36. The Balaban J connectivity index is 1.97. The Kier molecular flexibility index (Phi) is 6.11. The highest BCUT2D eigenvalue weighted by Gasteiger charge is 2.25. The van der Waals surface area contributed by atoms with Gasteiger partial charge in [0.2, 0.25) is 0 Å². The summed E-state index contributed by atoms with van der Waals surface area (Å²) >= 11 is 3.30. The molecule has 2 aromatic heterocycles. The quantitative estimate of drug-likeness (QED) is 0.774. The second kappa shape index (κ2) is 7.66. The molecule has 2 heterocycles. The number of ether oxygens (including phenoxy) is 1. The molecule has 2 N–H and O–H groups in total. The smallest absolute Gasteiger partial charge is 0.108 e. The molecule has 0 aliphatic heterocycles. The van der Waals surface area contributed by atoms with Crippen LogP contribution in [0.5, 0.6) is 0 Å². The summed E-state index contributed by atoms with van der Waals surface area (Å²) in [5.41, 5.74) is 0.215. The summed E-state index contributed by atoms with van der Waals surface area (Å²) in [6.45, 7) is 7.21. The monoisotopic (exact) mass is 340 g/mol. The fourth-order valence-electron chi connectivity index (χ4n) is 2.28. The molecule has 2 unspecified atom stereocenters. The molecular weight excluding hydrogens is 316 g/mol. The van der Waals surface area contributed by atoms with Crippen LogP contribution in [0.1, 0.15) is 40.3 Å². The van der Waals surface area contributed by atoms with Crippen molar-refractivity contribution in [3.05, 3.63) is 38.0 Å². The van der Waals surface area contributed by atoms with Gasteiger partial charge in [0.1, 0.15) is 5.60 Å². The first-order valence-electron chi connectivity index (χ1n) is 7.39. The predicted molar refractivity (Wildman–Crippen MR) is 92.7 cm³/mol. The standard InChI is InChI=1S/C16H24N2O2S2/c1-11(15-12(2)18-14(22-15)7-8-20-4)17-10-16(3,19)13-6-5-9-21-13/h5-6,9,11,17,19H,7-8,10H2,1-4H3. The Bertz CT molecular complexity index is 579. The van der Waals surface area contributed by atoms with E-state index < -0.39 is 5.60 Å². The number of aryl methyl sites for hydroxylation is 1. The average molecular weight is 341 g/mol. The topological polar surface area (TPSA) is 54.4 Å². The lowest BCUT2D eigenvalue weighted by Gasteiger charge is -2.24. The highest BCUT2D eigenvalue weighted by Crippen LogP contribution is 2.28. The van der Waals surface area contributed by atoms with Crippen LogP contribution in [-0.4, -0.2) is 30.4 Å². The van der Waals surface area contributed by atoms with Gasteiger partial charge in [-0.3, -0.25) is 0 Å². The van der Waals surface area contributed by atoms with Crippen LogP contribution in [0, 0.1) is 6.92 Å². The second-order valence-electron chi connectivity index (χ2n) is 5.65. The molecule has 0 spiro atoms. The van der Waals surface area contributed by atoms with Gasteiger partial charge in [0.15, 0.2) is 0 Å². The van der Waals surface area contributed by atoms with Crippen LogP contribution in [0.15, 0.2) is 17.5 Å². The van der Waals surface area contributed by atoms with Gasteiger partial charge >= 0.3 is 0 Å². The lowest BCUT2D eigenvalue weighted by molar-refractivity contribution is 0.0582. The van der Waals surface area contributed by atoms with E-state index in [1.165, 1.54) is 4.88 Å². The SMILES string of the molecule is COCCc1nc(C)c(C(C)NCC(C)(O)c2cccs2)s1. The number of hydrogen-bond acceptors (Lipinski definition) is 6. The molecule has 2 aromatic rings. The molecule has 0 aliphatic carbocycles. The minimum atomic E-state index is -0.847. The summed E-state index contributed by atoms with van der Waals surface area (Å²) in [6, 6.07) is 4.10. The maximum Gasteiger partial charge on any atom is 0.108 e. The van der Waals surface area contributed by atoms with Crippen LogP contribution in [-0.2, 0) is 16.8 Å². The van der Waals surface area contributed by atoms with Gasteiger partial charge in [0, 0.05) is 35.9 Å². The fourth-order valence-corrected chi connectivity index (χ4v) is 4.14. The van der Waals surface area contributed by atoms with Crippen LogP contribution >= 0.6 is 22.7 Å². The molecular formula is C16H24N2O2S2. The molecule has 0 saturated carbocycles. The Hall–Kier alpha value is -0.790. The number of aliphatic hydroxyl groups is 1. The number of aromatic nitrogens is 1. The number of thiophene rings is 1. The van der Waals surface area contributed by atoms with E-state index in [1.54, 1.807) is 29.8 Å². The first-order chi connectivity index (χ1) is 10.4. The Morgan fingerprint density at radius 3 is 2.91 bits per heavy atom. The van der Waals surface area contributed by atoms with Crippen molar-refractivity contribution in [3.63, 3.8) is 0 Å². The number of rotatable bonds is 8. The lowest BCUT2D eigenvalue weighted by atomic mass is 10.0. The van der Waals surface area contributed by atoms with Crippen molar-refractivity contribution >= 4 is 22.7 Å². The predicted octanol–water partition coefficient (Wildman–Crippen LogP) is 3.26. The number of methoxy groups -OCH3 is 1. The number of thiazole rings is 1. The first kappa shape index (κ1) is 17.6. The maximum atomic E-state index is 10.6. The summed E-state index contributed by atoms with van der Waals surface area (Å²) in [4.78, 5) is 6.81. The van der Waals surface area contributed by atoms with E-state index in [-0.39, 0.29) is 6.04 Å². The van der Waals surface area contributed by atoms with Gasteiger partial charge in [-0.25, -0.2) is 4.98 Å². The van der Waals surface area contributed by atoms with Crippen LogP contribution in [0.4, 0.5) is 0 Å². The second-order valence-corrected chi connectivity index (χ2v) is 7.72. The van der Waals surface area contributed by atoms with E-state index in [0.717, 1.165) is 22.0 Å². The normalized spacial score (nSPS) is 15.7. The summed E-state index contributed by atoms with van der Waals surface area (Å²) in [7, 11) is 1.71. The largest absolute Gasteiger partial charge is 0.384 e. The van der Waals surface area contributed by atoms with E-state index in [9.17, 15) is 5.11 Å². The summed E-state index contributed by atoms with van der Waals surface area (Å²) in [5.74, 6) is 0. The fraction of sp³-hybridized carbons (Fsp3) is 0.562. The van der Waals surface area contributed by atoms with Crippen molar-refractivity contribution in [1.82, 2.24) is 10.3 Å². The van der Waals surface area contributed by atoms with E-state index in [1.807, 2.05) is 31.4 Å². The molecule has 122 valence electrons. The van der Waals surface area contributed by atoms with Gasteiger partial charge in [-0.2, -0.15) is 0 Å². The Morgan fingerprint density at radius 2 is 2.27 bits per heavy atom. The average Bonchev–Trinajstić information content (AvgIpc) is 3.12. The van der Waals surface area contributed by atoms with Crippen LogP contribution < -0.4 is 5.32 Å². The lowest BCUT2D eigenvalue weighted by Crippen LogP contribution is -2.36. The molecule has 0 saturated heterocycles. The number of nitrogens with zero attached hydrogens (tertiary/aromatic N) is 1. The highest BCUT2D eigenvalue weighted by molar-refractivity contribution is 7.11. The van der Waals surface area contributed by atoms with E-state index in [0.29, 0.717) is 13.2 Å². The van der Waals surface area contributed by atoms with Gasteiger partial charge < -0.3 is 15.2 Å². The minimum Gasteiger partial charge on any atom is -0.384 e. The van der Waals surface area contributed by atoms with Crippen molar-refractivity contribution < 1.29 is 9.84 Å². The van der Waals surface area contributed by atoms with Gasteiger partial charge in [-0.05, 0) is 32.2 Å². The van der Waals surface area contributed by atoms with Gasteiger partial charge in [0.05, 0.1) is 17.3 Å². The number of hydrogen-bond donors (Lipinski definition) is 2. The van der Waals surface area contributed by atoms with E-state index in [4.69, 9.17) is 4.74 Å². The van der Waals surface area contributed by atoms with Crippen LogP contribution in [0.3, 0.4) is 0 Å². The Labute approximate surface area is 140 Å². The molecule has 4 nitrogen and oxygen atoms in total. The zero-order valence-electron chi connectivity index (χ0n) is 13.5. The third-order valence-electron chi connectivity index (χ3n) is 3.59. The summed E-state index contributed by atoms with van der Waals surface area (Å²) in [5, 5.41) is 17.1. The molecule has 22 heavy (non-hydrogen) atoms. The van der Waals surface area contributed by atoms with Crippen molar-refractivity contribution in [3.8, 4) is 0 Å². The van der Waals surface area contributed by atoms with Crippen molar-refractivity contribution in [2.24, 2.45) is 0 Å². The van der Waals surface area contributed by atoms with Gasteiger partial charge in [0.25, 0.3) is 0 Å². The molecule has 0 radical (unpaired) electrons. The zero-order chi connectivity index (χ0) is 16.2. The first-order valence-corrected chi connectivity index (χ1v) is 9.08. The molecule has 0 aliphatic rings. The number of nitrogens with one attached hydrogen (secondary N) is 1. The van der Waals surface area contributed by atoms with Gasteiger partial charge in [-0.1, -0.05) is 6.07 Å². The van der Waals surface area contributed by atoms with E-state index >= 15 is 0 Å². The van der Waals surface area contributed by atoms with Crippen molar-refractivity contribution in [1.29, 1.82) is 0 Å². The molecule has 0 amide bonds. The highest BCUT2D eigenvalue weighted by atomic mass is 32.1. The molecule has 6 heteroatoms. The minimum absolute atomic E-state index is 0.167. The molecule has 0 bridgehead atoms.